The highest BCUT2D eigenvalue weighted by molar-refractivity contribution is 7.54. The van der Waals surface area contributed by atoms with Crippen molar-refractivity contribution >= 4 is 22.8 Å². The molecule has 0 aromatic carbocycles. The summed E-state index contributed by atoms with van der Waals surface area (Å²) in [5, 5.41) is 0. The van der Waals surface area contributed by atoms with Crippen molar-refractivity contribution in [2.24, 2.45) is 0 Å². The fraction of sp³-hybridized carbons (Fsp3) is 1.00. The summed E-state index contributed by atoms with van der Waals surface area (Å²) in [7, 11) is -14.8. The van der Waals surface area contributed by atoms with Crippen LogP contribution in [0.25, 0.3) is 0 Å². The Hall–Kier alpha value is 0.410. The average Bonchev–Trinajstić information content (AvgIpc) is 2.51. The molecule has 28 heavy (non-hydrogen) atoms. The summed E-state index contributed by atoms with van der Waals surface area (Å²) in [6, 6.07) is 0. The van der Waals surface area contributed by atoms with Gasteiger partial charge in [-0.2, -0.15) is 0 Å². The minimum absolute atomic E-state index is 0.119. The molecule has 10 nitrogen and oxygen atoms in total. The van der Waals surface area contributed by atoms with E-state index in [9.17, 15) is 43.1 Å². The molecule has 0 aliphatic heterocycles. The van der Waals surface area contributed by atoms with Gasteiger partial charge in [0, 0.05) is 0 Å². The van der Waals surface area contributed by atoms with Gasteiger partial charge in [0.25, 0.3) is 0 Å². The van der Waals surface area contributed by atoms with Crippen molar-refractivity contribution in [3.63, 3.8) is 0 Å². The van der Waals surface area contributed by atoms with E-state index in [0.29, 0.717) is 38.5 Å². The number of unbranched alkanes of at least 4 members (excludes halogenated alkanes) is 3. The van der Waals surface area contributed by atoms with Gasteiger partial charge in [-0.25, -0.2) is 0 Å². The van der Waals surface area contributed by atoms with Crippen LogP contribution in [0.5, 0.6) is 0 Å². The van der Waals surface area contributed by atoms with Crippen molar-refractivity contribution in [2.45, 2.75) is 95.9 Å². The molecule has 0 rings (SSSR count). The molecule has 0 spiro atoms. The van der Waals surface area contributed by atoms with Gasteiger partial charge in [-0.05, 0) is 19.3 Å². The van der Waals surface area contributed by atoms with Gasteiger partial charge in [0.15, 0.2) is 0 Å². The Morgan fingerprint density at radius 2 is 0.786 bits per heavy atom. The number of rotatable bonds is 15. The first kappa shape index (κ1) is 28.4. The third-order valence-electron chi connectivity index (χ3n) is 4.64. The second-order valence-corrected chi connectivity index (χ2v) is 12.4. The summed E-state index contributed by atoms with van der Waals surface area (Å²) in [6.45, 7) is 5.36. The summed E-state index contributed by atoms with van der Waals surface area (Å²) in [4.78, 5) is 60.3. The summed E-state index contributed by atoms with van der Waals surface area (Å²) >= 11 is 0. The van der Waals surface area contributed by atoms with Gasteiger partial charge in [-0.1, -0.05) is 59.3 Å². The molecule has 3 unspecified atom stereocenters. The molecule has 0 fully saturated rings. The maximum absolute atomic E-state index is 12.2. The van der Waals surface area contributed by atoms with Crippen molar-refractivity contribution in [3.8, 4) is 0 Å². The lowest BCUT2D eigenvalue weighted by Crippen LogP contribution is -2.49. The third kappa shape index (κ3) is 9.48. The Kier molecular flexibility index (Phi) is 12.5. The zero-order valence-electron chi connectivity index (χ0n) is 16.8. The molecule has 170 valence electrons. The topological polar surface area (TPSA) is 176 Å². The first-order valence-corrected chi connectivity index (χ1v) is 14.7. The second kappa shape index (κ2) is 12.3. The van der Waals surface area contributed by atoms with E-state index in [-0.39, 0.29) is 19.3 Å². The largest absolute Gasteiger partial charge is 0.342 e. The molecule has 0 amide bonds. The van der Waals surface area contributed by atoms with Crippen molar-refractivity contribution in [3.05, 3.63) is 0 Å². The van der Waals surface area contributed by atoms with Crippen LogP contribution in [0.3, 0.4) is 0 Å². The first-order chi connectivity index (χ1) is 12.7. The maximum atomic E-state index is 12.2. The Morgan fingerprint density at radius 1 is 0.571 bits per heavy atom. The molecule has 0 saturated heterocycles. The van der Waals surface area contributed by atoms with E-state index < -0.39 is 40.1 Å². The van der Waals surface area contributed by atoms with Crippen LogP contribution in [0.2, 0.25) is 0 Å². The molecule has 0 radical (unpaired) electrons. The summed E-state index contributed by atoms with van der Waals surface area (Å²) < 4.78 is 36.7. The third-order valence-corrected chi connectivity index (χ3v) is 8.55. The van der Waals surface area contributed by atoms with Gasteiger partial charge < -0.3 is 29.4 Å². The Morgan fingerprint density at radius 3 is 0.929 bits per heavy atom. The van der Waals surface area contributed by atoms with Crippen molar-refractivity contribution < 1.29 is 43.1 Å². The van der Waals surface area contributed by atoms with E-state index in [4.69, 9.17) is 0 Å². The minimum atomic E-state index is -4.93. The monoisotopic (exact) mass is 467 g/mol. The standard InChI is InChI=1S/C15H36NO9P3/c1-4-7-10-13(26(17,18)19)16(14(11-8-5-2)27(20,21)22)15(12-9-6-3)28(23,24)25/h13-15H,4-12H2,1-3H3,(H2,17,18,19)(H2,20,21,22)(H2,23,24,25). The predicted molar refractivity (Wildman–Crippen MR) is 108 cm³/mol. The summed E-state index contributed by atoms with van der Waals surface area (Å²) in [6.07, 6.45) is 2.37. The lowest BCUT2D eigenvalue weighted by molar-refractivity contribution is 0.122. The first-order valence-electron chi connectivity index (χ1n) is 9.64. The quantitative estimate of drug-likeness (QED) is 0.196. The number of hydrogen-bond acceptors (Lipinski definition) is 4. The molecule has 0 aromatic rings. The molecular formula is C15H36NO9P3. The van der Waals surface area contributed by atoms with E-state index in [1.807, 2.05) is 0 Å². The van der Waals surface area contributed by atoms with Gasteiger partial charge in [0.05, 0.1) is 0 Å². The fourth-order valence-electron chi connectivity index (χ4n) is 3.23. The van der Waals surface area contributed by atoms with Gasteiger partial charge in [-0.3, -0.25) is 18.6 Å². The average molecular weight is 467 g/mol. The van der Waals surface area contributed by atoms with E-state index in [2.05, 4.69) is 0 Å². The van der Waals surface area contributed by atoms with Crippen molar-refractivity contribution in [2.75, 3.05) is 0 Å². The zero-order chi connectivity index (χ0) is 22.2. The van der Waals surface area contributed by atoms with Gasteiger partial charge in [-0.15, -0.1) is 0 Å². The zero-order valence-corrected chi connectivity index (χ0v) is 19.5. The molecule has 13 heteroatoms. The van der Waals surface area contributed by atoms with Crippen LogP contribution < -0.4 is 0 Å². The molecule has 6 N–H and O–H groups in total. The molecule has 0 saturated carbocycles. The van der Waals surface area contributed by atoms with Crippen LogP contribution in [0, 0.1) is 0 Å². The highest BCUT2D eigenvalue weighted by Crippen LogP contribution is 2.59. The van der Waals surface area contributed by atoms with Gasteiger partial charge in [0.2, 0.25) is 0 Å². The minimum Gasteiger partial charge on any atom is -0.323 e. The van der Waals surface area contributed by atoms with Gasteiger partial charge >= 0.3 is 22.8 Å². The van der Waals surface area contributed by atoms with E-state index in [1.54, 1.807) is 20.8 Å². The highest BCUT2D eigenvalue weighted by Gasteiger charge is 2.50. The predicted octanol–water partition coefficient (Wildman–Crippen LogP) is 3.37. The van der Waals surface area contributed by atoms with Crippen LogP contribution in [-0.4, -0.2) is 51.6 Å². The molecule has 0 aliphatic carbocycles. The lowest BCUT2D eigenvalue weighted by atomic mass is 10.1. The maximum Gasteiger partial charge on any atom is 0.342 e. The van der Waals surface area contributed by atoms with Crippen LogP contribution in [0.4, 0.5) is 0 Å². The summed E-state index contributed by atoms with van der Waals surface area (Å²) in [5.74, 6) is -5.01. The van der Waals surface area contributed by atoms with Crippen LogP contribution in [-0.2, 0) is 13.7 Å². The summed E-state index contributed by atoms with van der Waals surface area (Å²) in [5.41, 5.74) is 0. The van der Waals surface area contributed by atoms with Crippen molar-refractivity contribution in [1.29, 1.82) is 0 Å². The lowest BCUT2D eigenvalue weighted by Gasteiger charge is -2.43. The molecule has 0 bridgehead atoms. The SMILES string of the molecule is CCCCC(N(C(CCCC)P(=O)(O)O)C(CCCC)P(=O)(O)O)P(=O)(O)O. The molecule has 3 atom stereocenters. The molecule has 0 aliphatic rings. The number of nitrogens with zero attached hydrogens (tertiary/aromatic N) is 1. The Bertz CT molecular complexity index is 504. The smallest absolute Gasteiger partial charge is 0.323 e. The van der Waals surface area contributed by atoms with Crippen LogP contribution in [0.1, 0.15) is 78.6 Å². The highest BCUT2D eigenvalue weighted by atomic mass is 31.2. The Balaban J connectivity index is 6.53. The number of hydrogen-bond donors (Lipinski definition) is 6. The molecule has 0 aromatic heterocycles. The Labute approximate surface area is 167 Å². The fourth-order valence-corrected chi connectivity index (χ4v) is 7.11. The van der Waals surface area contributed by atoms with E-state index in [1.165, 1.54) is 0 Å². The molecule has 0 heterocycles. The second-order valence-electron chi connectivity index (χ2n) is 7.08. The molecular weight excluding hydrogens is 431 g/mol. The van der Waals surface area contributed by atoms with E-state index in [0.717, 1.165) is 4.90 Å². The normalized spacial score (nSPS) is 16.9. The van der Waals surface area contributed by atoms with E-state index >= 15 is 0 Å². The van der Waals surface area contributed by atoms with Crippen molar-refractivity contribution in [1.82, 2.24) is 4.90 Å². The van der Waals surface area contributed by atoms with Gasteiger partial charge in [0.1, 0.15) is 17.3 Å². The van der Waals surface area contributed by atoms with Crippen LogP contribution in [0.15, 0.2) is 0 Å². The van der Waals surface area contributed by atoms with Crippen LogP contribution >= 0.6 is 22.8 Å².